The summed E-state index contributed by atoms with van der Waals surface area (Å²) in [5, 5.41) is 11.7. The van der Waals surface area contributed by atoms with Crippen LogP contribution in [0.2, 0.25) is 0 Å². The Morgan fingerprint density at radius 2 is 1.67 bits per heavy atom. The number of aromatic nitrogens is 2. The van der Waals surface area contributed by atoms with Crippen molar-refractivity contribution in [3.8, 4) is 0 Å². The van der Waals surface area contributed by atoms with Gasteiger partial charge in [0.15, 0.2) is 0 Å². The lowest BCUT2D eigenvalue weighted by molar-refractivity contribution is -0.139. The van der Waals surface area contributed by atoms with Gasteiger partial charge in [0.05, 0.1) is 11.6 Å². The molecule has 0 bridgehead atoms. The van der Waals surface area contributed by atoms with Gasteiger partial charge in [-0.25, -0.2) is 4.39 Å². The zero-order chi connectivity index (χ0) is 31.6. The van der Waals surface area contributed by atoms with Gasteiger partial charge in [0.2, 0.25) is 11.8 Å². The first-order valence-corrected chi connectivity index (χ1v) is 14.6. The van der Waals surface area contributed by atoms with E-state index in [0.717, 1.165) is 31.7 Å². The Bertz CT molecular complexity index is 1320. The van der Waals surface area contributed by atoms with Crippen molar-refractivity contribution in [3.63, 3.8) is 0 Å². The number of carbonyl (C=O) groups excluding carboxylic acids is 3. The molecule has 2 saturated carbocycles. The number of benzene rings is 1. The minimum absolute atomic E-state index is 0.0775. The highest BCUT2D eigenvalue weighted by molar-refractivity contribution is 6.01. The molecule has 0 radical (unpaired) electrons. The summed E-state index contributed by atoms with van der Waals surface area (Å²) in [6, 6.07) is 3.09. The van der Waals surface area contributed by atoms with E-state index >= 15 is 4.39 Å². The number of nitrogens with one attached hydrogen (secondary N) is 3. The molecule has 2 aliphatic rings. The Morgan fingerprint density at radius 3 is 2.21 bits per heavy atom. The second-order valence-corrected chi connectivity index (χ2v) is 12.3. The Kier molecular flexibility index (Phi) is 9.83. The van der Waals surface area contributed by atoms with Gasteiger partial charge in [-0.1, -0.05) is 0 Å². The van der Waals surface area contributed by atoms with E-state index in [9.17, 15) is 27.6 Å². The Labute approximate surface area is 248 Å². The molecule has 1 heterocycles. The molecule has 2 aromatic rings. The molecule has 2 fully saturated rings. The van der Waals surface area contributed by atoms with Crippen molar-refractivity contribution in [1.82, 2.24) is 25.3 Å². The Balaban J connectivity index is 1.61. The first-order valence-electron chi connectivity index (χ1n) is 14.6. The molecule has 1 aromatic heterocycles. The number of nitrogens with zero attached hydrogens (tertiary/aromatic N) is 3. The van der Waals surface area contributed by atoms with Crippen LogP contribution in [0.15, 0.2) is 24.4 Å². The van der Waals surface area contributed by atoms with Crippen molar-refractivity contribution < 1.29 is 31.9 Å². The van der Waals surface area contributed by atoms with E-state index in [1.165, 1.54) is 19.2 Å². The van der Waals surface area contributed by atoms with Crippen molar-refractivity contribution in [2.45, 2.75) is 77.2 Å². The predicted octanol–water partition coefficient (Wildman–Crippen LogP) is 4.62. The molecule has 0 aliphatic heterocycles. The molecule has 43 heavy (non-hydrogen) atoms. The molecule has 13 heteroatoms. The minimum atomic E-state index is -4.58. The number of hydrogen-bond acceptors (Lipinski definition) is 5. The average Bonchev–Trinajstić information content (AvgIpc) is 3.86. The molecule has 4 rings (SSSR count). The summed E-state index contributed by atoms with van der Waals surface area (Å²) in [6.45, 7) is 3.93. The number of anilines is 1. The maximum Gasteiger partial charge on any atom is 0.405 e. The highest BCUT2D eigenvalue weighted by Crippen LogP contribution is 2.51. The van der Waals surface area contributed by atoms with Gasteiger partial charge in [0, 0.05) is 18.8 Å². The summed E-state index contributed by atoms with van der Waals surface area (Å²) < 4.78 is 55.1. The fourth-order valence-corrected chi connectivity index (χ4v) is 5.65. The lowest BCUT2D eigenvalue weighted by Gasteiger charge is -2.28. The van der Waals surface area contributed by atoms with Gasteiger partial charge in [-0.3, -0.25) is 19.1 Å². The second-order valence-electron chi connectivity index (χ2n) is 12.3. The van der Waals surface area contributed by atoms with Gasteiger partial charge in [0.25, 0.3) is 5.91 Å². The van der Waals surface area contributed by atoms with Gasteiger partial charge >= 0.3 is 6.18 Å². The largest absolute Gasteiger partial charge is 0.405 e. The van der Waals surface area contributed by atoms with Crippen molar-refractivity contribution in [2.24, 2.45) is 17.8 Å². The molecule has 2 atom stereocenters. The quantitative estimate of drug-likeness (QED) is 0.288. The van der Waals surface area contributed by atoms with Gasteiger partial charge in [-0.05, 0) is 108 Å². The lowest BCUT2D eigenvalue weighted by Crippen LogP contribution is -2.50. The molecule has 9 nitrogen and oxygen atoms in total. The molecule has 0 saturated heterocycles. The molecule has 2 aliphatic carbocycles. The third-order valence-corrected chi connectivity index (χ3v) is 7.97. The number of hydrogen-bond donors (Lipinski definition) is 3. The summed E-state index contributed by atoms with van der Waals surface area (Å²) in [6.07, 6.45) is 0.755. The zero-order valence-corrected chi connectivity index (χ0v) is 25.1. The summed E-state index contributed by atoms with van der Waals surface area (Å²) in [5.41, 5.74) is 0.869. The van der Waals surface area contributed by atoms with Crippen LogP contribution in [0.5, 0.6) is 0 Å². The maximum absolute atomic E-state index is 15.5. The maximum atomic E-state index is 15.5. The van der Waals surface area contributed by atoms with E-state index in [0.29, 0.717) is 11.3 Å². The molecule has 1 unspecified atom stereocenters. The molecule has 3 N–H and O–H groups in total. The Morgan fingerprint density at radius 1 is 1.05 bits per heavy atom. The van der Waals surface area contributed by atoms with Gasteiger partial charge in [-0.2, -0.15) is 18.3 Å². The number of carbonyl (C=O) groups is 3. The molecule has 236 valence electrons. The third-order valence-electron chi connectivity index (χ3n) is 7.97. The normalized spacial score (nSPS) is 16.8. The molecule has 1 aromatic carbocycles. The fourth-order valence-electron chi connectivity index (χ4n) is 5.65. The third kappa shape index (κ3) is 8.33. The van der Waals surface area contributed by atoms with Crippen molar-refractivity contribution in [2.75, 3.05) is 26.0 Å². The lowest BCUT2D eigenvalue weighted by atomic mass is 9.88. The second kappa shape index (κ2) is 13.0. The SMILES string of the molecule is CC(C(=O)NCC(F)(F)F)c1cc(F)c(NC(=O)[C@@H](NC(=O)c2ccnn2C(C)C)C(C2CC2)C2CC2)cc1CN(C)C. The van der Waals surface area contributed by atoms with E-state index in [2.05, 4.69) is 15.7 Å². The predicted molar refractivity (Wildman–Crippen MR) is 153 cm³/mol. The Hall–Kier alpha value is -3.48. The highest BCUT2D eigenvalue weighted by atomic mass is 19.4. The van der Waals surface area contributed by atoms with Crippen LogP contribution in [0.1, 0.15) is 80.0 Å². The molecule has 0 spiro atoms. The summed E-state index contributed by atoms with van der Waals surface area (Å²) in [4.78, 5) is 41.5. The number of amides is 3. The van der Waals surface area contributed by atoms with E-state index in [1.54, 1.807) is 29.7 Å². The van der Waals surface area contributed by atoms with E-state index < -0.39 is 48.2 Å². The van der Waals surface area contributed by atoms with Crippen LogP contribution in [0.3, 0.4) is 0 Å². The van der Waals surface area contributed by atoms with E-state index in [1.807, 2.05) is 19.2 Å². The average molecular weight is 609 g/mol. The van der Waals surface area contributed by atoms with Crippen molar-refractivity contribution in [3.05, 3.63) is 47.0 Å². The number of halogens is 4. The van der Waals surface area contributed by atoms with Crippen LogP contribution >= 0.6 is 0 Å². The minimum Gasteiger partial charge on any atom is -0.346 e. The number of rotatable bonds is 13. The number of alkyl halides is 3. The van der Waals surface area contributed by atoms with E-state index in [4.69, 9.17) is 0 Å². The first-order chi connectivity index (χ1) is 20.2. The monoisotopic (exact) mass is 608 g/mol. The van der Waals surface area contributed by atoms with Crippen molar-refractivity contribution >= 4 is 23.4 Å². The standard InChI is InChI=1S/C30H40F4N6O3/c1-16(2)40-24(10-11-36-40)28(42)38-26(25(18-6-7-18)19-8-9-19)29(43)37-23-12-20(14-39(4)5)21(13-22(23)31)17(3)27(41)35-15-30(32,33)34/h10-13,16-19,25-26H,6-9,14-15H2,1-5H3,(H,35,41)(H,37,43)(H,38,42)/t17?,26-/m0/s1. The van der Waals surface area contributed by atoms with Crippen LogP contribution in [-0.2, 0) is 16.1 Å². The molecular weight excluding hydrogens is 568 g/mol. The van der Waals surface area contributed by atoms with Gasteiger partial charge < -0.3 is 20.9 Å². The molecule has 3 amide bonds. The summed E-state index contributed by atoms with van der Waals surface area (Å²) >= 11 is 0. The van der Waals surface area contributed by atoms with Gasteiger partial charge in [0.1, 0.15) is 24.1 Å². The van der Waals surface area contributed by atoms with E-state index in [-0.39, 0.29) is 41.6 Å². The van der Waals surface area contributed by atoms with Crippen LogP contribution in [-0.4, -0.2) is 65.3 Å². The zero-order valence-electron chi connectivity index (χ0n) is 25.1. The summed E-state index contributed by atoms with van der Waals surface area (Å²) in [7, 11) is 3.51. The van der Waals surface area contributed by atoms with Crippen molar-refractivity contribution in [1.29, 1.82) is 0 Å². The smallest absolute Gasteiger partial charge is 0.346 e. The first kappa shape index (κ1) is 32.4. The topological polar surface area (TPSA) is 108 Å². The van der Waals surface area contributed by atoms with Crippen LogP contribution in [0, 0.1) is 23.6 Å². The fraction of sp³-hybridized carbons (Fsp3) is 0.600. The van der Waals surface area contributed by atoms with Crippen LogP contribution in [0.25, 0.3) is 0 Å². The van der Waals surface area contributed by atoms with Crippen LogP contribution in [0.4, 0.5) is 23.2 Å². The van der Waals surface area contributed by atoms with Crippen LogP contribution < -0.4 is 16.0 Å². The molecular formula is C30H40F4N6O3. The van der Waals surface area contributed by atoms with Gasteiger partial charge in [-0.15, -0.1) is 0 Å². The summed E-state index contributed by atoms with van der Waals surface area (Å²) in [5.74, 6) is -3.33. The highest BCUT2D eigenvalue weighted by Gasteiger charge is 2.48.